The number of thiazole rings is 1. The number of nitrogens with zero attached hydrogens (tertiary/aromatic N) is 3. The Hall–Kier alpha value is -4.62. The maximum atomic E-state index is 15.4. The van der Waals surface area contributed by atoms with Crippen LogP contribution in [0.5, 0.6) is 5.75 Å². The van der Waals surface area contributed by atoms with Crippen LogP contribution in [-0.4, -0.2) is 31.8 Å². The van der Waals surface area contributed by atoms with Crippen molar-refractivity contribution in [3.05, 3.63) is 106 Å². The largest absolute Gasteiger partial charge is 0.508 e. The summed E-state index contributed by atoms with van der Waals surface area (Å²) < 4.78 is 29.5. The second-order valence-electron chi connectivity index (χ2n) is 7.82. The molecule has 178 valence electrons. The molecule has 0 aliphatic carbocycles. The number of aromatic hydroxyl groups is 1. The van der Waals surface area contributed by atoms with Gasteiger partial charge in [-0.2, -0.15) is 0 Å². The number of fused-ring (bicyclic) bond motifs is 1. The van der Waals surface area contributed by atoms with Gasteiger partial charge >= 0.3 is 0 Å². The van der Waals surface area contributed by atoms with Crippen LogP contribution in [-0.2, 0) is 11.3 Å². The molecule has 5 rings (SSSR count). The molecule has 3 heterocycles. The zero-order chi connectivity index (χ0) is 25.2. The SMILES string of the molecule is O=C(Nc1nccs1)[C@@H](c1cc(F)ccc1O)N1Cc2ccc(C#Cc3cccnc3)c(F)c2C1=O. The van der Waals surface area contributed by atoms with Crippen molar-refractivity contribution >= 4 is 28.3 Å². The molecular weight excluding hydrogens is 486 g/mol. The summed E-state index contributed by atoms with van der Waals surface area (Å²) in [5.41, 5.74) is 0.557. The highest BCUT2D eigenvalue weighted by Crippen LogP contribution is 2.37. The third-order valence-corrected chi connectivity index (χ3v) is 6.24. The number of hydrogen-bond donors (Lipinski definition) is 2. The molecule has 0 saturated carbocycles. The van der Waals surface area contributed by atoms with Gasteiger partial charge in [-0.1, -0.05) is 17.9 Å². The number of phenols is 1. The predicted octanol–water partition coefficient (Wildman–Crippen LogP) is 4.26. The molecule has 7 nitrogen and oxygen atoms in total. The molecule has 0 unspecified atom stereocenters. The van der Waals surface area contributed by atoms with Crippen LogP contribution >= 0.6 is 11.3 Å². The first kappa shape index (κ1) is 23.1. The quantitative estimate of drug-likeness (QED) is 0.407. The van der Waals surface area contributed by atoms with E-state index in [1.165, 1.54) is 18.5 Å². The minimum Gasteiger partial charge on any atom is -0.508 e. The van der Waals surface area contributed by atoms with Crippen LogP contribution in [0.3, 0.4) is 0 Å². The second kappa shape index (κ2) is 9.56. The van der Waals surface area contributed by atoms with E-state index in [4.69, 9.17) is 0 Å². The average molecular weight is 503 g/mol. The zero-order valence-corrected chi connectivity index (χ0v) is 19.2. The van der Waals surface area contributed by atoms with Crippen LogP contribution in [0.4, 0.5) is 13.9 Å². The maximum absolute atomic E-state index is 15.4. The average Bonchev–Trinajstić information content (AvgIpc) is 3.50. The number of hydrogen-bond acceptors (Lipinski definition) is 6. The number of pyridine rings is 1. The molecule has 2 aromatic carbocycles. The Bertz CT molecular complexity index is 1530. The Kier molecular flexibility index (Phi) is 6.14. The van der Waals surface area contributed by atoms with Gasteiger partial charge in [0.25, 0.3) is 11.8 Å². The van der Waals surface area contributed by atoms with E-state index < -0.39 is 29.5 Å². The van der Waals surface area contributed by atoms with Gasteiger partial charge < -0.3 is 10.0 Å². The van der Waals surface area contributed by atoms with Gasteiger partial charge in [-0.15, -0.1) is 11.3 Å². The highest BCUT2D eigenvalue weighted by atomic mass is 32.1. The van der Waals surface area contributed by atoms with Gasteiger partial charge in [0, 0.05) is 41.6 Å². The van der Waals surface area contributed by atoms with E-state index in [1.807, 2.05) is 0 Å². The van der Waals surface area contributed by atoms with Crippen LogP contribution in [0.1, 0.15) is 38.7 Å². The van der Waals surface area contributed by atoms with Crippen molar-refractivity contribution in [2.75, 3.05) is 5.32 Å². The van der Waals surface area contributed by atoms with E-state index >= 15 is 4.39 Å². The lowest BCUT2D eigenvalue weighted by molar-refractivity contribution is -0.120. The number of anilines is 1. The van der Waals surface area contributed by atoms with Crippen LogP contribution < -0.4 is 5.32 Å². The lowest BCUT2D eigenvalue weighted by Gasteiger charge is -2.27. The molecule has 1 aliphatic heterocycles. The van der Waals surface area contributed by atoms with Gasteiger partial charge in [0.15, 0.2) is 10.9 Å². The summed E-state index contributed by atoms with van der Waals surface area (Å²) in [5.74, 6) is 2.08. The molecule has 4 aromatic rings. The van der Waals surface area contributed by atoms with E-state index in [2.05, 4.69) is 27.1 Å². The minimum atomic E-state index is -1.45. The Morgan fingerprint density at radius 2 is 2.03 bits per heavy atom. The number of halogens is 2. The highest BCUT2D eigenvalue weighted by Gasteiger charge is 2.41. The summed E-state index contributed by atoms with van der Waals surface area (Å²) >= 11 is 1.15. The predicted molar refractivity (Wildman–Crippen MR) is 128 cm³/mol. The molecule has 2 amide bonds. The number of rotatable bonds is 4. The number of carbonyl (C=O) groups excluding carboxylic acids is 2. The fourth-order valence-corrected chi connectivity index (χ4v) is 4.45. The number of carbonyl (C=O) groups is 2. The second-order valence-corrected chi connectivity index (χ2v) is 8.71. The molecule has 2 aromatic heterocycles. The van der Waals surface area contributed by atoms with Crippen molar-refractivity contribution in [2.45, 2.75) is 12.6 Å². The van der Waals surface area contributed by atoms with Crippen molar-refractivity contribution in [2.24, 2.45) is 0 Å². The Labute approximate surface area is 208 Å². The van der Waals surface area contributed by atoms with Gasteiger partial charge in [-0.05, 0) is 42.0 Å². The summed E-state index contributed by atoms with van der Waals surface area (Å²) in [6.45, 7) is -0.132. The molecule has 0 radical (unpaired) electrons. The Morgan fingerprint density at radius 3 is 2.78 bits per heavy atom. The van der Waals surface area contributed by atoms with Crippen molar-refractivity contribution in [1.29, 1.82) is 0 Å². The lowest BCUT2D eigenvalue weighted by Crippen LogP contribution is -2.37. The molecule has 1 aliphatic rings. The lowest BCUT2D eigenvalue weighted by atomic mass is 10.0. The van der Waals surface area contributed by atoms with Gasteiger partial charge in [0.05, 0.1) is 11.1 Å². The van der Waals surface area contributed by atoms with Crippen LogP contribution in [0.25, 0.3) is 0 Å². The third-order valence-electron chi connectivity index (χ3n) is 5.55. The fraction of sp³-hybridized carbons (Fsp3) is 0.0769. The number of nitrogens with one attached hydrogen (secondary N) is 1. The van der Waals surface area contributed by atoms with E-state index in [-0.39, 0.29) is 34.1 Å². The summed E-state index contributed by atoms with van der Waals surface area (Å²) in [4.78, 5) is 35.7. The zero-order valence-electron chi connectivity index (χ0n) is 18.4. The molecule has 0 spiro atoms. The molecule has 36 heavy (non-hydrogen) atoms. The third kappa shape index (κ3) is 4.39. The maximum Gasteiger partial charge on any atom is 0.258 e. The van der Waals surface area contributed by atoms with Gasteiger partial charge in [0.1, 0.15) is 17.6 Å². The molecule has 0 fully saturated rings. The standard InChI is InChI=1S/C26H16F2N4O3S/c27-18-7-8-20(33)19(12-18)23(24(34)31-26-30-10-11-36-26)32-14-17-6-5-16(22(28)21(17)25(32)35)4-3-15-2-1-9-29-13-15/h1-2,5-13,23,33H,14H2,(H,30,31,34)/t23-/m1/s1. The first-order valence-electron chi connectivity index (χ1n) is 10.7. The fourth-order valence-electron chi connectivity index (χ4n) is 3.91. The van der Waals surface area contributed by atoms with Crippen LogP contribution in [0.15, 0.2) is 66.4 Å². The van der Waals surface area contributed by atoms with Gasteiger partial charge in [-0.25, -0.2) is 13.8 Å². The Morgan fingerprint density at radius 1 is 1.17 bits per heavy atom. The van der Waals surface area contributed by atoms with Gasteiger partial charge in [0.2, 0.25) is 0 Å². The highest BCUT2D eigenvalue weighted by molar-refractivity contribution is 7.13. The first-order chi connectivity index (χ1) is 17.4. The number of benzene rings is 2. The molecule has 1 atom stereocenters. The van der Waals surface area contributed by atoms with Crippen molar-refractivity contribution in [1.82, 2.24) is 14.9 Å². The van der Waals surface area contributed by atoms with E-state index in [0.29, 0.717) is 11.1 Å². The number of aromatic nitrogens is 2. The van der Waals surface area contributed by atoms with E-state index in [0.717, 1.165) is 34.4 Å². The molecule has 0 bridgehead atoms. The van der Waals surface area contributed by atoms with Crippen LogP contribution in [0.2, 0.25) is 0 Å². The summed E-state index contributed by atoms with van der Waals surface area (Å²) in [6, 6.07) is 8.08. The summed E-state index contributed by atoms with van der Waals surface area (Å²) in [7, 11) is 0. The van der Waals surface area contributed by atoms with Crippen molar-refractivity contribution in [3.8, 4) is 17.6 Å². The number of phenolic OH excluding ortho intramolecular Hbond substituents is 1. The summed E-state index contributed by atoms with van der Waals surface area (Å²) in [6.07, 6.45) is 4.60. The van der Waals surface area contributed by atoms with Crippen LogP contribution in [0, 0.1) is 23.5 Å². The number of amides is 2. The molecular formula is C26H16F2N4O3S. The minimum absolute atomic E-state index is 0.00481. The topological polar surface area (TPSA) is 95.4 Å². The van der Waals surface area contributed by atoms with Gasteiger partial charge in [-0.3, -0.25) is 19.9 Å². The van der Waals surface area contributed by atoms with E-state index in [9.17, 15) is 19.1 Å². The normalized spacial score (nSPS) is 13.1. The van der Waals surface area contributed by atoms with Crippen molar-refractivity contribution in [3.63, 3.8) is 0 Å². The molecule has 10 heteroatoms. The van der Waals surface area contributed by atoms with Crippen molar-refractivity contribution < 1.29 is 23.5 Å². The monoisotopic (exact) mass is 502 g/mol. The smallest absolute Gasteiger partial charge is 0.258 e. The molecule has 2 N–H and O–H groups in total. The first-order valence-corrected chi connectivity index (χ1v) is 11.5. The molecule has 0 saturated heterocycles. The Balaban J connectivity index is 1.53. The summed E-state index contributed by atoms with van der Waals surface area (Å²) in [5, 5.41) is 14.9. The van der Waals surface area contributed by atoms with E-state index in [1.54, 1.807) is 29.8 Å².